The molecule has 13 nitrogen and oxygen atoms in total. The third-order valence-electron chi connectivity index (χ3n) is 6.11. The quantitative estimate of drug-likeness (QED) is 0.458. The first-order valence-electron chi connectivity index (χ1n) is 12.3. The van der Waals surface area contributed by atoms with Gasteiger partial charge in [0.05, 0.1) is 25.6 Å². The van der Waals surface area contributed by atoms with E-state index in [1.807, 2.05) is 20.8 Å². The second-order valence-corrected chi connectivity index (χ2v) is 9.75. The van der Waals surface area contributed by atoms with Crippen LogP contribution in [-0.4, -0.2) is 97.9 Å². The van der Waals surface area contributed by atoms with Crippen molar-refractivity contribution >= 4 is 23.5 Å². The van der Waals surface area contributed by atoms with Crippen LogP contribution in [0.2, 0.25) is 0 Å². The van der Waals surface area contributed by atoms with Gasteiger partial charge in [-0.1, -0.05) is 6.92 Å². The molecule has 37 heavy (non-hydrogen) atoms. The highest BCUT2D eigenvalue weighted by atomic mass is 16.5. The molecular formula is C24H36N8O5. The van der Waals surface area contributed by atoms with E-state index in [0.29, 0.717) is 30.1 Å². The molecule has 1 aromatic carbocycles. The number of benzene rings is 1. The number of urea groups is 1. The maximum Gasteiger partial charge on any atom is 0.317 e. The maximum absolute atomic E-state index is 13.3. The van der Waals surface area contributed by atoms with E-state index in [4.69, 9.17) is 4.74 Å². The molecule has 4 amide bonds. The molecule has 0 spiro atoms. The van der Waals surface area contributed by atoms with Crippen molar-refractivity contribution in [3.63, 3.8) is 0 Å². The first-order valence-corrected chi connectivity index (χ1v) is 12.3. The Balaban J connectivity index is 1.87. The Bertz CT molecular complexity index is 1080. The van der Waals surface area contributed by atoms with Gasteiger partial charge in [0.1, 0.15) is 24.7 Å². The normalized spacial score (nSPS) is 18.7. The number of likely N-dealkylation sites (N-methyl/N-ethyl adjacent to an activating group) is 1. The average Bonchev–Trinajstić information content (AvgIpc) is 3.35. The Hall–Kier alpha value is -3.74. The average molecular weight is 517 g/mol. The lowest BCUT2D eigenvalue weighted by Gasteiger charge is -2.34. The van der Waals surface area contributed by atoms with Crippen molar-refractivity contribution in [2.45, 2.75) is 58.8 Å². The van der Waals surface area contributed by atoms with Gasteiger partial charge in [0.25, 0.3) is 0 Å². The van der Waals surface area contributed by atoms with Crippen molar-refractivity contribution in [1.29, 1.82) is 0 Å². The number of nitrogens with zero attached hydrogens (tertiary/aromatic N) is 6. The predicted octanol–water partition coefficient (Wildman–Crippen LogP) is 0.511. The fourth-order valence-electron chi connectivity index (χ4n) is 4.04. The molecule has 0 bridgehead atoms. The number of ether oxygens (including phenoxy) is 1. The number of aliphatic hydroxyl groups excluding tert-OH is 1. The van der Waals surface area contributed by atoms with Gasteiger partial charge < -0.3 is 30.3 Å². The molecule has 1 aromatic heterocycles. The number of fused-ring (bicyclic) bond motifs is 1. The number of hydrogen-bond acceptors (Lipinski definition) is 8. The molecule has 0 saturated carbocycles. The molecule has 3 atom stereocenters. The van der Waals surface area contributed by atoms with Crippen LogP contribution in [0.5, 0.6) is 5.75 Å². The van der Waals surface area contributed by atoms with E-state index in [2.05, 4.69) is 26.2 Å². The fourth-order valence-corrected chi connectivity index (χ4v) is 4.04. The van der Waals surface area contributed by atoms with Gasteiger partial charge in [-0.05, 0) is 49.4 Å². The predicted molar refractivity (Wildman–Crippen MR) is 135 cm³/mol. The van der Waals surface area contributed by atoms with Gasteiger partial charge in [0.15, 0.2) is 0 Å². The fraction of sp³-hybridized carbons (Fsp3) is 0.583. The molecule has 3 N–H and O–H groups in total. The summed E-state index contributed by atoms with van der Waals surface area (Å²) in [4.78, 5) is 41.5. The number of amides is 4. The summed E-state index contributed by atoms with van der Waals surface area (Å²) in [5.41, 5.74) is 1.08. The summed E-state index contributed by atoms with van der Waals surface area (Å²) >= 11 is 0. The standard InChI is InChI=1S/C24H36N8O5/c1-15(2)26-24(36)30(5)11-21-16(3)10-32(17(4)13-33)23(35)9-18-8-19(6-7-20(18)37-21)27-22(34)12-31-14-25-28-29-31/h6-8,14-17,21,33H,9-13H2,1-5H3,(H,26,36)(H,27,34)/t16-,17+,21-/m1/s1. The number of carbonyl (C=O) groups excluding carboxylic acids is 3. The van der Waals surface area contributed by atoms with Crippen LogP contribution in [0.1, 0.15) is 33.3 Å². The second kappa shape index (κ2) is 12.5. The summed E-state index contributed by atoms with van der Waals surface area (Å²) in [6.07, 6.45) is 0.938. The van der Waals surface area contributed by atoms with Crippen LogP contribution in [-0.2, 0) is 22.6 Å². The van der Waals surface area contributed by atoms with E-state index in [-0.39, 0.29) is 49.4 Å². The zero-order valence-electron chi connectivity index (χ0n) is 21.9. The van der Waals surface area contributed by atoms with Gasteiger partial charge in [-0.25, -0.2) is 9.48 Å². The molecular weight excluding hydrogens is 480 g/mol. The van der Waals surface area contributed by atoms with Gasteiger partial charge in [-0.3, -0.25) is 9.59 Å². The molecule has 13 heteroatoms. The monoisotopic (exact) mass is 516 g/mol. The second-order valence-electron chi connectivity index (χ2n) is 9.75. The van der Waals surface area contributed by atoms with Crippen LogP contribution in [0, 0.1) is 5.92 Å². The number of rotatable bonds is 8. The Morgan fingerprint density at radius 2 is 2.05 bits per heavy atom. The zero-order chi connectivity index (χ0) is 27.1. The Labute approximate surface area is 216 Å². The van der Waals surface area contributed by atoms with E-state index in [1.165, 1.54) is 11.0 Å². The number of nitrogens with one attached hydrogen (secondary N) is 2. The van der Waals surface area contributed by atoms with Crippen molar-refractivity contribution in [3.8, 4) is 5.75 Å². The summed E-state index contributed by atoms with van der Waals surface area (Å²) in [5.74, 6) is -0.141. The van der Waals surface area contributed by atoms with Crippen molar-refractivity contribution in [3.05, 3.63) is 30.1 Å². The van der Waals surface area contributed by atoms with Crippen LogP contribution in [0.25, 0.3) is 0 Å². The van der Waals surface area contributed by atoms with E-state index >= 15 is 0 Å². The maximum atomic E-state index is 13.3. The summed E-state index contributed by atoms with van der Waals surface area (Å²) in [6.45, 7) is 7.93. The zero-order valence-corrected chi connectivity index (χ0v) is 21.9. The van der Waals surface area contributed by atoms with Crippen LogP contribution >= 0.6 is 0 Å². The summed E-state index contributed by atoms with van der Waals surface area (Å²) < 4.78 is 7.70. The molecule has 0 fully saturated rings. The van der Waals surface area contributed by atoms with Gasteiger partial charge in [-0.2, -0.15) is 0 Å². The number of carbonyl (C=O) groups is 3. The van der Waals surface area contributed by atoms with E-state index in [0.717, 1.165) is 0 Å². The van der Waals surface area contributed by atoms with E-state index < -0.39 is 12.1 Å². The third-order valence-corrected chi connectivity index (χ3v) is 6.11. The molecule has 3 rings (SSSR count). The van der Waals surface area contributed by atoms with Crippen molar-refractivity contribution in [2.24, 2.45) is 5.92 Å². The Morgan fingerprint density at radius 3 is 2.70 bits per heavy atom. The summed E-state index contributed by atoms with van der Waals surface area (Å²) in [6, 6.07) is 4.50. The van der Waals surface area contributed by atoms with Crippen molar-refractivity contribution in [2.75, 3.05) is 32.1 Å². The van der Waals surface area contributed by atoms with E-state index in [1.54, 1.807) is 42.0 Å². The minimum atomic E-state index is -0.429. The minimum absolute atomic E-state index is 0.0116. The van der Waals surface area contributed by atoms with Gasteiger partial charge >= 0.3 is 6.03 Å². The number of aliphatic hydroxyl groups is 1. The lowest BCUT2D eigenvalue weighted by Crippen LogP contribution is -2.49. The molecule has 202 valence electrons. The molecule has 2 heterocycles. The first kappa shape index (κ1) is 27.8. The highest BCUT2D eigenvalue weighted by Gasteiger charge is 2.32. The lowest BCUT2D eigenvalue weighted by atomic mass is 10.0. The topological polar surface area (TPSA) is 155 Å². The smallest absolute Gasteiger partial charge is 0.317 e. The Morgan fingerprint density at radius 1 is 1.30 bits per heavy atom. The molecule has 0 saturated heterocycles. The number of tetrazole rings is 1. The summed E-state index contributed by atoms with van der Waals surface area (Å²) in [7, 11) is 1.70. The molecule has 0 aliphatic carbocycles. The van der Waals surface area contributed by atoms with Gasteiger partial charge in [-0.15, -0.1) is 5.10 Å². The highest BCUT2D eigenvalue weighted by Crippen LogP contribution is 2.29. The van der Waals surface area contributed by atoms with Crippen LogP contribution in [0.15, 0.2) is 24.5 Å². The SMILES string of the molecule is CC(C)NC(=O)N(C)C[C@H]1Oc2ccc(NC(=O)Cn3cnnn3)cc2CC(=O)N([C@@H](C)CO)C[C@H]1C. The van der Waals surface area contributed by atoms with Gasteiger partial charge in [0, 0.05) is 36.8 Å². The molecule has 0 radical (unpaired) electrons. The lowest BCUT2D eigenvalue weighted by molar-refractivity contribution is -0.134. The molecule has 1 aliphatic heterocycles. The van der Waals surface area contributed by atoms with E-state index in [9.17, 15) is 19.5 Å². The molecule has 1 aliphatic rings. The molecule has 2 aromatic rings. The number of aromatic nitrogens is 4. The number of anilines is 1. The minimum Gasteiger partial charge on any atom is -0.488 e. The number of hydrogen-bond donors (Lipinski definition) is 3. The van der Waals surface area contributed by atoms with Crippen LogP contribution in [0.3, 0.4) is 0 Å². The third kappa shape index (κ3) is 7.62. The Kier molecular flexibility index (Phi) is 9.39. The van der Waals surface area contributed by atoms with Crippen molar-refractivity contribution < 1.29 is 24.2 Å². The van der Waals surface area contributed by atoms with Crippen molar-refractivity contribution in [1.82, 2.24) is 35.3 Å². The first-order chi connectivity index (χ1) is 17.6. The van der Waals surface area contributed by atoms with Gasteiger partial charge in [0.2, 0.25) is 11.8 Å². The molecule has 0 unspecified atom stereocenters. The highest BCUT2D eigenvalue weighted by molar-refractivity contribution is 5.91. The summed E-state index contributed by atoms with van der Waals surface area (Å²) in [5, 5.41) is 26.2. The van der Waals surface area contributed by atoms with Crippen LogP contribution < -0.4 is 15.4 Å². The van der Waals surface area contributed by atoms with Crippen LogP contribution in [0.4, 0.5) is 10.5 Å². The largest absolute Gasteiger partial charge is 0.488 e.